The van der Waals surface area contributed by atoms with E-state index in [1.807, 2.05) is 44.2 Å². The lowest BCUT2D eigenvalue weighted by atomic mass is 10.2. The number of aromatic nitrogens is 3. The van der Waals surface area contributed by atoms with Crippen molar-refractivity contribution in [2.24, 2.45) is 0 Å². The van der Waals surface area contributed by atoms with Gasteiger partial charge in [0.25, 0.3) is 0 Å². The van der Waals surface area contributed by atoms with E-state index in [1.165, 1.54) is 4.68 Å². The zero-order valence-corrected chi connectivity index (χ0v) is 16.9. The Morgan fingerprint density at radius 1 is 0.966 bits per heavy atom. The molecule has 152 valence electrons. The van der Waals surface area contributed by atoms with Crippen LogP contribution in [0.2, 0.25) is 0 Å². The van der Waals surface area contributed by atoms with Gasteiger partial charge in [0.15, 0.2) is 0 Å². The van der Waals surface area contributed by atoms with E-state index in [9.17, 15) is 9.90 Å². The van der Waals surface area contributed by atoms with Gasteiger partial charge in [0.2, 0.25) is 0 Å². The van der Waals surface area contributed by atoms with E-state index >= 15 is 0 Å². The molecular formula is C22H27N5O2. The summed E-state index contributed by atoms with van der Waals surface area (Å²) in [4.78, 5) is 17.2. The molecule has 0 spiro atoms. The van der Waals surface area contributed by atoms with E-state index in [4.69, 9.17) is 0 Å². The van der Waals surface area contributed by atoms with Crippen molar-refractivity contribution in [2.45, 2.75) is 26.3 Å². The first-order valence-corrected chi connectivity index (χ1v) is 10.1. The molecule has 2 aromatic carbocycles. The Hall–Kier alpha value is -3.22. The Kier molecular flexibility index (Phi) is 5.29. The van der Waals surface area contributed by atoms with E-state index in [0.717, 1.165) is 49.7 Å². The zero-order valence-electron chi connectivity index (χ0n) is 16.9. The average molecular weight is 393 g/mol. The molecule has 1 N–H and O–H groups in total. The maximum atomic E-state index is 12.6. The van der Waals surface area contributed by atoms with Gasteiger partial charge in [0, 0.05) is 43.6 Å². The molecule has 7 nitrogen and oxygen atoms in total. The predicted octanol–water partition coefficient (Wildman–Crippen LogP) is 3.04. The first-order chi connectivity index (χ1) is 14.1. The van der Waals surface area contributed by atoms with E-state index in [-0.39, 0.29) is 11.7 Å². The maximum Gasteiger partial charge on any atom is 0.350 e. The van der Waals surface area contributed by atoms with Gasteiger partial charge in [-0.25, -0.2) is 14.0 Å². The van der Waals surface area contributed by atoms with Crippen LogP contribution >= 0.6 is 0 Å². The molecule has 1 unspecified atom stereocenters. The summed E-state index contributed by atoms with van der Waals surface area (Å²) in [6.45, 7) is 7.64. The molecule has 2 heterocycles. The molecule has 7 heteroatoms. The molecule has 0 aliphatic carbocycles. The lowest BCUT2D eigenvalue weighted by Gasteiger charge is -2.37. The number of aromatic hydroxyl groups is 1. The van der Waals surface area contributed by atoms with Crippen LogP contribution in [0.4, 0.5) is 11.4 Å². The van der Waals surface area contributed by atoms with Crippen molar-refractivity contribution in [3.05, 3.63) is 65.3 Å². The Balaban J connectivity index is 1.44. The monoisotopic (exact) mass is 393 g/mol. The fourth-order valence-electron chi connectivity index (χ4n) is 3.71. The molecule has 0 amide bonds. The highest BCUT2D eigenvalue weighted by Crippen LogP contribution is 2.24. The minimum absolute atomic E-state index is 0.0887. The standard InChI is InChI=1S/C22H27N5O2/c1-3-17(2)27-22(29)26(16-23-27)19-9-7-18(8-10-19)24-11-13-25(14-12-24)20-5-4-6-21(28)15-20/h4-10,15-17,28H,3,11-14H2,1-2H3. The fraction of sp³-hybridized carbons (Fsp3) is 0.364. The molecule has 1 fully saturated rings. The van der Waals surface area contributed by atoms with Gasteiger partial charge in [-0.1, -0.05) is 13.0 Å². The highest BCUT2D eigenvalue weighted by Gasteiger charge is 2.18. The number of phenolic OH excluding ortho intramolecular Hbond substituents is 1. The maximum absolute atomic E-state index is 12.6. The van der Waals surface area contributed by atoms with E-state index in [2.05, 4.69) is 27.0 Å². The third-order valence-corrected chi connectivity index (χ3v) is 5.67. The van der Waals surface area contributed by atoms with Crippen LogP contribution in [0.3, 0.4) is 0 Å². The summed E-state index contributed by atoms with van der Waals surface area (Å²) < 4.78 is 3.13. The summed E-state index contributed by atoms with van der Waals surface area (Å²) in [5.74, 6) is 0.299. The SMILES string of the molecule is CCC(C)n1ncn(-c2ccc(N3CCN(c4cccc(O)c4)CC3)cc2)c1=O. The van der Waals surface area contributed by atoms with Crippen LogP contribution in [0, 0.1) is 0 Å². The molecule has 1 aliphatic heterocycles. The summed E-state index contributed by atoms with van der Waals surface area (Å²) in [7, 11) is 0. The van der Waals surface area contributed by atoms with Crippen LogP contribution in [0.1, 0.15) is 26.3 Å². The van der Waals surface area contributed by atoms with Crippen molar-refractivity contribution in [3.63, 3.8) is 0 Å². The number of hydrogen-bond donors (Lipinski definition) is 1. The van der Waals surface area contributed by atoms with Gasteiger partial charge in [-0.3, -0.25) is 0 Å². The number of rotatable bonds is 5. The molecule has 0 radical (unpaired) electrons. The lowest BCUT2D eigenvalue weighted by molar-refractivity contribution is 0.460. The summed E-state index contributed by atoms with van der Waals surface area (Å²) >= 11 is 0. The van der Waals surface area contributed by atoms with Crippen molar-refractivity contribution in [1.82, 2.24) is 14.3 Å². The first kappa shape index (κ1) is 19.1. The van der Waals surface area contributed by atoms with Crippen LogP contribution in [0.5, 0.6) is 5.75 Å². The third-order valence-electron chi connectivity index (χ3n) is 5.67. The number of anilines is 2. The number of piperazine rings is 1. The Bertz CT molecular complexity index is 1020. The van der Waals surface area contributed by atoms with Gasteiger partial charge in [-0.15, -0.1) is 0 Å². The molecule has 0 bridgehead atoms. The minimum atomic E-state index is -0.105. The highest BCUT2D eigenvalue weighted by molar-refractivity contribution is 5.55. The smallest absolute Gasteiger partial charge is 0.350 e. The third kappa shape index (κ3) is 3.85. The molecule has 0 saturated carbocycles. The second-order valence-electron chi connectivity index (χ2n) is 7.50. The first-order valence-electron chi connectivity index (χ1n) is 10.1. The summed E-state index contributed by atoms with van der Waals surface area (Å²) in [5.41, 5.74) is 2.92. The number of phenols is 1. The summed E-state index contributed by atoms with van der Waals surface area (Å²) in [6.07, 6.45) is 2.46. The highest BCUT2D eigenvalue weighted by atomic mass is 16.3. The Morgan fingerprint density at radius 3 is 2.21 bits per heavy atom. The topological polar surface area (TPSA) is 66.5 Å². The van der Waals surface area contributed by atoms with Crippen molar-refractivity contribution < 1.29 is 5.11 Å². The van der Waals surface area contributed by atoms with Gasteiger partial charge in [-0.2, -0.15) is 5.10 Å². The van der Waals surface area contributed by atoms with Gasteiger partial charge in [0.1, 0.15) is 12.1 Å². The molecule has 29 heavy (non-hydrogen) atoms. The second-order valence-corrected chi connectivity index (χ2v) is 7.50. The average Bonchev–Trinajstić information content (AvgIpc) is 3.15. The van der Waals surface area contributed by atoms with Crippen LogP contribution < -0.4 is 15.5 Å². The second kappa shape index (κ2) is 8.03. The molecule has 3 aromatic rings. The zero-order chi connectivity index (χ0) is 20.4. The Labute approximate surface area is 170 Å². The lowest BCUT2D eigenvalue weighted by Crippen LogP contribution is -2.46. The molecule has 4 rings (SSSR count). The predicted molar refractivity (Wildman–Crippen MR) is 115 cm³/mol. The van der Waals surface area contributed by atoms with Gasteiger partial charge < -0.3 is 14.9 Å². The fourth-order valence-corrected chi connectivity index (χ4v) is 3.71. The van der Waals surface area contributed by atoms with Crippen LogP contribution in [-0.2, 0) is 0 Å². The van der Waals surface area contributed by atoms with Crippen LogP contribution in [0.25, 0.3) is 5.69 Å². The largest absolute Gasteiger partial charge is 0.508 e. The summed E-state index contributed by atoms with van der Waals surface area (Å²) in [6, 6.07) is 15.6. The van der Waals surface area contributed by atoms with Crippen LogP contribution in [-0.4, -0.2) is 45.6 Å². The van der Waals surface area contributed by atoms with E-state index in [1.54, 1.807) is 17.0 Å². The number of nitrogens with zero attached hydrogens (tertiary/aromatic N) is 5. The van der Waals surface area contributed by atoms with Crippen molar-refractivity contribution >= 4 is 11.4 Å². The van der Waals surface area contributed by atoms with Crippen molar-refractivity contribution in [3.8, 4) is 11.4 Å². The Morgan fingerprint density at radius 2 is 1.59 bits per heavy atom. The summed E-state index contributed by atoms with van der Waals surface area (Å²) in [5, 5.41) is 13.9. The van der Waals surface area contributed by atoms with E-state index in [0.29, 0.717) is 5.75 Å². The normalized spacial score (nSPS) is 15.5. The quantitative estimate of drug-likeness (QED) is 0.722. The molecule has 1 atom stereocenters. The number of benzene rings is 2. The van der Waals surface area contributed by atoms with Crippen molar-refractivity contribution in [2.75, 3.05) is 36.0 Å². The van der Waals surface area contributed by atoms with Gasteiger partial charge in [0.05, 0.1) is 11.7 Å². The van der Waals surface area contributed by atoms with Gasteiger partial charge >= 0.3 is 5.69 Å². The van der Waals surface area contributed by atoms with E-state index < -0.39 is 0 Å². The molecule has 1 aliphatic rings. The number of hydrogen-bond acceptors (Lipinski definition) is 5. The van der Waals surface area contributed by atoms with Crippen LogP contribution in [0.15, 0.2) is 59.7 Å². The molecular weight excluding hydrogens is 366 g/mol. The van der Waals surface area contributed by atoms with Crippen molar-refractivity contribution in [1.29, 1.82) is 0 Å². The minimum Gasteiger partial charge on any atom is -0.508 e. The van der Waals surface area contributed by atoms with Gasteiger partial charge in [-0.05, 0) is 49.7 Å². The molecule has 1 saturated heterocycles. The molecule has 1 aromatic heterocycles.